The number of rotatable bonds is 8. The zero-order valence-corrected chi connectivity index (χ0v) is 17.0. The molecule has 5 nitrogen and oxygen atoms in total. The van der Waals surface area contributed by atoms with Gasteiger partial charge in [0.1, 0.15) is 0 Å². The predicted octanol–water partition coefficient (Wildman–Crippen LogP) is 2.48. The van der Waals surface area contributed by atoms with E-state index in [9.17, 15) is 5.11 Å². The Morgan fingerprint density at radius 3 is 2.52 bits per heavy atom. The molecule has 3 rings (SSSR count). The first-order valence-corrected chi connectivity index (χ1v) is 10.1. The van der Waals surface area contributed by atoms with Gasteiger partial charge in [0.15, 0.2) is 0 Å². The largest absolute Gasteiger partial charge is 0.395 e. The van der Waals surface area contributed by atoms with Gasteiger partial charge in [0.25, 0.3) is 0 Å². The van der Waals surface area contributed by atoms with Gasteiger partial charge in [0.05, 0.1) is 12.3 Å². The third kappa shape index (κ3) is 5.41. The minimum Gasteiger partial charge on any atom is -0.395 e. The summed E-state index contributed by atoms with van der Waals surface area (Å²) in [5.74, 6) is 0.683. The first-order valence-electron chi connectivity index (χ1n) is 10.1. The van der Waals surface area contributed by atoms with E-state index in [0.29, 0.717) is 12.0 Å². The van der Waals surface area contributed by atoms with Crippen LogP contribution in [0.2, 0.25) is 0 Å². The number of likely N-dealkylation sites (N-methyl/N-ethyl adjacent to an activating group) is 1. The van der Waals surface area contributed by atoms with Crippen LogP contribution in [0, 0.1) is 12.8 Å². The fourth-order valence-electron chi connectivity index (χ4n) is 4.43. The van der Waals surface area contributed by atoms with Gasteiger partial charge in [-0.05, 0) is 57.8 Å². The van der Waals surface area contributed by atoms with E-state index in [0.717, 1.165) is 38.3 Å². The molecule has 0 saturated carbocycles. The topological polar surface area (TPSA) is 44.5 Å². The Balaban J connectivity index is 1.72. The molecule has 5 heteroatoms. The minimum absolute atomic E-state index is 0.262. The van der Waals surface area contributed by atoms with Crippen molar-refractivity contribution >= 4 is 0 Å². The molecule has 1 aliphatic rings. The van der Waals surface area contributed by atoms with Crippen LogP contribution >= 0.6 is 0 Å². The van der Waals surface area contributed by atoms with Crippen LogP contribution in [0.4, 0.5) is 0 Å². The van der Waals surface area contributed by atoms with E-state index in [1.54, 1.807) is 0 Å². The van der Waals surface area contributed by atoms with E-state index in [-0.39, 0.29) is 6.61 Å². The summed E-state index contributed by atoms with van der Waals surface area (Å²) in [5, 5.41) is 13.7. The molecular weight excluding hydrogens is 336 g/mol. The second-order valence-electron chi connectivity index (χ2n) is 7.99. The smallest absolute Gasteiger partial charge is 0.0638 e. The number of aliphatic hydroxyl groups is 1. The van der Waals surface area contributed by atoms with Crippen molar-refractivity contribution in [2.24, 2.45) is 13.0 Å². The minimum atomic E-state index is 0.262. The summed E-state index contributed by atoms with van der Waals surface area (Å²) in [6.45, 7) is 6.29. The summed E-state index contributed by atoms with van der Waals surface area (Å²) in [6, 6.07) is 11.4. The van der Waals surface area contributed by atoms with Crippen molar-refractivity contribution in [2.75, 3.05) is 33.3 Å². The Bertz CT molecular complexity index is 692. The molecule has 0 bridgehead atoms. The van der Waals surface area contributed by atoms with Gasteiger partial charge in [-0.15, -0.1) is 0 Å². The lowest BCUT2D eigenvalue weighted by molar-refractivity contribution is 0.0888. The molecule has 0 spiro atoms. The van der Waals surface area contributed by atoms with E-state index < -0.39 is 0 Å². The Kier molecular flexibility index (Phi) is 7.05. The molecule has 1 atom stereocenters. The van der Waals surface area contributed by atoms with Crippen LogP contribution in [0.25, 0.3) is 0 Å². The van der Waals surface area contributed by atoms with E-state index in [1.807, 2.05) is 11.7 Å². The Morgan fingerprint density at radius 2 is 1.93 bits per heavy atom. The molecule has 1 N–H and O–H groups in total. The molecule has 2 aromatic rings. The van der Waals surface area contributed by atoms with Gasteiger partial charge < -0.3 is 10.0 Å². The molecule has 1 aromatic carbocycles. The number of aliphatic hydroxyl groups excluding tert-OH is 1. The lowest BCUT2D eigenvalue weighted by atomic mass is 9.85. The molecule has 1 aliphatic heterocycles. The van der Waals surface area contributed by atoms with Crippen LogP contribution in [-0.2, 0) is 20.0 Å². The lowest BCUT2D eigenvalue weighted by Gasteiger charge is -2.40. The molecule has 1 unspecified atom stereocenters. The Hall–Kier alpha value is -1.69. The normalized spacial score (nSPS) is 17.5. The fraction of sp³-hybridized carbons (Fsp3) is 0.591. The summed E-state index contributed by atoms with van der Waals surface area (Å²) in [6.07, 6.45) is 5.64. The van der Waals surface area contributed by atoms with Crippen LogP contribution in [-0.4, -0.2) is 64.0 Å². The molecule has 2 heterocycles. The molecule has 27 heavy (non-hydrogen) atoms. The van der Waals surface area contributed by atoms with E-state index in [2.05, 4.69) is 65.4 Å². The predicted molar refractivity (Wildman–Crippen MR) is 110 cm³/mol. The maximum absolute atomic E-state index is 9.21. The first kappa shape index (κ1) is 20.1. The second-order valence-corrected chi connectivity index (χ2v) is 7.99. The molecule has 1 fully saturated rings. The average Bonchev–Trinajstić information content (AvgIpc) is 2.98. The van der Waals surface area contributed by atoms with Gasteiger partial charge in [-0.3, -0.25) is 9.58 Å². The Morgan fingerprint density at radius 1 is 1.22 bits per heavy atom. The first-order chi connectivity index (χ1) is 13.1. The SMILES string of the molecule is Cc1nn(C)cc1CN(C)C(Cc1ccccc1)C1CCN(CCO)CC1. The number of hydrogen-bond acceptors (Lipinski definition) is 4. The van der Waals surface area contributed by atoms with Crippen molar-refractivity contribution in [1.29, 1.82) is 0 Å². The van der Waals surface area contributed by atoms with Gasteiger partial charge in [-0.1, -0.05) is 30.3 Å². The quantitative estimate of drug-likeness (QED) is 0.775. The van der Waals surface area contributed by atoms with Crippen LogP contribution < -0.4 is 0 Å². The van der Waals surface area contributed by atoms with Gasteiger partial charge in [0, 0.05) is 37.9 Å². The van der Waals surface area contributed by atoms with Crippen LogP contribution in [0.1, 0.15) is 29.7 Å². The van der Waals surface area contributed by atoms with Crippen molar-refractivity contribution in [1.82, 2.24) is 19.6 Å². The number of piperidine rings is 1. The van der Waals surface area contributed by atoms with Crippen molar-refractivity contribution < 1.29 is 5.11 Å². The van der Waals surface area contributed by atoms with Crippen molar-refractivity contribution in [3.8, 4) is 0 Å². The van der Waals surface area contributed by atoms with Crippen molar-refractivity contribution in [3.05, 3.63) is 53.3 Å². The van der Waals surface area contributed by atoms with E-state index in [1.165, 1.54) is 24.0 Å². The summed E-state index contributed by atoms with van der Waals surface area (Å²) in [5.41, 5.74) is 3.85. The third-order valence-electron chi connectivity index (χ3n) is 5.98. The van der Waals surface area contributed by atoms with Crippen LogP contribution in [0.15, 0.2) is 36.5 Å². The molecule has 0 aliphatic carbocycles. The fourth-order valence-corrected chi connectivity index (χ4v) is 4.43. The molecule has 1 saturated heterocycles. The number of aryl methyl sites for hydroxylation is 2. The highest BCUT2D eigenvalue weighted by Crippen LogP contribution is 2.27. The van der Waals surface area contributed by atoms with Crippen molar-refractivity contribution in [3.63, 3.8) is 0 Å². The number of nitrogens with zero attached hydrogens (tertiary/aromatic N) is 4. The third-order valence-corrected chi connectivity index (χ3v) is 5.98. The highest BCUT2D eigenvalue weighted by Gasteiger charge is 2.29. The lowest BCUT2D eigenvalue weighted by Crippen LogP contribution is -2.45. The van der Waals surface area contributed by atoms with E-state index in [4.69, 9.17) is 0 Å². The van der Waals surface area contributed by atoms with Gasteiger partial charge in [0.2, 0.25) is 0 Å². The Labute approximate surface area is 163 Å². The number of β-amino-alcohol motifs (C(OH)–C–C–N with tert-alkyl or cyclic N) is 1. The highest BCUT2D eigenvalue weighted by molar-refractivity contribution is 5.18. The molecule has 148 valence electrons. The maximum atomic E-state index is 9.21. The van der Waals surface area contributed by atoms with Gasteiger partial charge in [-0.25, -0.2) is 0 Å². The monoisotopic (exact) mass is 370 g/mol. The summed E-state index contributed by atoms with van der Waals surface area (Å²) in [4.78, 5) is 4.92. The van der Waals surface area contributed by atoms with Crippen LogP contribution in [0.5, 0.6) is 0 Å². The number of aromatic nitrogens is 2. The van der Waals surface area contributed by atoms with Crippen LogP contribution in [0.3, 0.4) is 0 Å². The number of hydrogen-bond donors (Lipinski definition) is 1. The molecule has 0 radical (unpaired) electrons. The second kappa shape index (κ2) is 9.49. The van der Waals surface area contributed by atoms with Gasteiger partial charge >= 0.3 is 0 Å². The summed E-state index contributed by atoms with van der Waals surface area (Å²) < 4.78 is 1.91. The highest BCUT2D eigenvalue weighted by atomic mass is 16.3. The molecule has 0 amide bonds. The number of likely N-dealkylation sites (tertiary alicyclic amines) is 1. The number of benzene rings is 1. The maximum Gasteiger partial charge on any atom is 0.0638 e. The summed E-state index contributed by atoms with van der Waals surface area (Å²) >= 11 is 0. The van der Waals surface area contributed by atoms with E-state index >= 15 is 0 Å². The van der Waals surface area contributed by atoms with Gasteiger partial charge in [-0.2, -0.15) is 5.10 Å². The molecular formula is C22H34N4O. The van der Waals surface area contributed by atoms with Crippen molar-refractivity contribution in [2.45, 2.75) is 38.8 Å². The summed E-state index contributed by atoms with van der Waals surface area (Å²) in [7, 11) is 4.26. The average molecular weight is 371 g/mol. The zero-order valence-electron chi connectivity index (χ0n) is 17.0. The zero-order chi connectivity index (χ0) is 19.2. The molecule has 1 aromatic heterocycles. The standard InChI is InChI=1S/C22H34N4O/c1-18-21(17-25(3)23-18)16-24(2)22(15-19-7-5-4-6-8-19)20-9-11-26(12-10-20)13-14-27/h4-8,17,20,22,27H,9-16H2,1-3H3.